The topological polar surface area (TPSA) is 56.2 Å². The average Bonchev–Trinajstić information content (AvgIpc) is 3.26. The first kappa shape index (κ1) is 16.6. The van der Waals surface area contributed by atoms with Crippen LogP contribution in [-0.4, -0.2) is 19.5 Å². The number of hydrogen-bond acceptors (Lipinski definition) is 5. The van der Waals surface area contributed by atoms with E-state index in [1.165, 1.54) is 23.9 Å². The summed E-state index contributed by atoms with van der Waals surface area (Å²) in [4.78, 5) is 8.57. The summed E-state index contributed by atoms with van der Waals surface area (Å²) in [5.74, 6) is 1.03. The smallest absolute Gasteiger partial charge is 0.338 e. The third kappa shape index (κ3) is 3.30. The van der Waals surface area contributed by atoms with Crippen LogP contribution in [0.2, 0.25) is 0 Å². The van der Waals surface area contributed by atoms with E-state index < -0.39 is 11.7 Å². The molecule has 0 fully saturated rings. The fraction of sp³-hybridized carbons (Fsp3) is 0.118. The lowest BCUT2D eigenvalue weighted by Crippen LogP contribution is -2.04. The molecule has 1 aromatic carbocycles. The number of hydrogen-bond donors (Lipinski definition) is 0. The highest BCUT2D eigenvalue weighted by molar-refractivity contribution is 7.98. The van der Waals surface area contributed by atoms with Crippen LogP contribution in [0.25, 0.3) is 16.9 Å². The van der Waals surface area contributed by atoms with Crippen molar-refractivity contribution in [3.05, 3.63) is 66.3 Å². The zero-order chi connectivity index (χ0) is 18.1. The van der Waals surface area contributed by atoms with Crippen LogP contribution in [0.5, 0.6) is 0 Å². The molecule has 3 aromatic heterocycles. The molecule has 9 heteroatoms. The molecule has 0 radical (unpaired) electrons. The normalized spacial score (nSPS) is 12.0. The van der Waals surface area contributed by atoms with Crippen molar-refractivity contribution in [2.45, 2.75) is 17.1 Å². The second-order valence-electron chi connectivity index (χ2n) is 5.41. The molecule has 4 rings (SSSR count). The summed E-state index contributed by atoms with van der Waals surface area (Å²) in [5.41, 5.74) is 0.724. The first-order valence-corrected chi connectivity index (χ1v) is 8.54. The molecule has 0 bridgehead atoms. The number of halogens is 3. The molecule has 0 amide bonds. The molecule has 0 aliphatic carbocycles. The summed E-state index contributed by atoms with van der Waals surface area (Å²) < 4.78 is 45.0. The molecule has 0 saturated heterocycles. The van der Waals surface area contributed by atoms with E-state index in [0.29, 0.717) is 17.2 Å². The first-order chi connectivity index (χ1) is 12.5. The van der Waals surface area contributed by atoms with E-state index in [1.807, 2.05) is 28.8 Å². The number of fused-ring (bicyclic) bond motifs is 1. The molecule has 0 aliphatic heterocycles. The van der Waals surface area contributed by atoms with Crippen LogP contribution >= 0.6 is 11.8 Å². The Bertz CT molecular complexity index is 1040. The Morgan fingerprint density at radius 1 is 1.08 bits per heavy atom. The SMILES string of the molecule is FC(F)(F)c1ccc(-c2noc(CSc3ncc4ccccn34)n2)cc1. The van der Waals surface area contributed by atoms with Crippen molar-refractivity contribution in [3.63, 3.8) is 0 Å². The maximum atomic E-state index is 12.6. The van der Waals surface area contributed by atoms with Crippen molar-refractivity contribution in [2.75, 3.05) is 0 Å². The number of rotatable bonds is 4. The highest BCUT2D eigenvalue weighted by atomic mass is 32.2. The molecule has 0 spiro atoms. The van der Waals surface area contributed by atoms with Gasteiger partial charge in [-0.15, -0.1) is 0 Å². The van der Waals surface area contributed by atoms with Crippen molar-refractivity contribution in [3.8, 4) is 11.4 Å². The van der Waals surface area contributed by atoms with Crippen LogP contribution in [0, 0.1) is 0 Å². The number of benzene rings is 1. The van der Waals surface area contributed by atoms with Crippen LogP contribution in [-0.2, 0) is 11.9 Å². The van der Waals surface area contributed by atoms with Gasteiger partial charge in [-0.05, 0) is 24.3 Å². The minimum atomic E-state index is -4.37. The van der Waals surface area contributed by atoms with Gasteiger partial charge in [0.05, 0.1) is 23.0 Å². The summed E-state index contributed by atoms with van der Waals surface area (Å²) in [6.07, 6.45) is -0.694. The van der Waals surface area contributed by atoms with E-state index in [9.17, 15) is 13.2 Å². The Balaban J connectivity index is 1.48. The fourth-order valence-electron chi connectivity index (χ4n) is 2.39. The van der Waals surface area contributed by atoms with E-state index in [0.717, 1.165) is 22.8 Å². The Morgan fingerprint density at radius 3 is 2.65 bits per heavy atom. The van der Waals surface area contributed by atoms with Gasteiger partial charge >= 0.3 is 6.18 Å². The largest absolute Gasteiger partial charge is 0.416 e. The standard InChI is InChI=1S/C17H11F3N4OS/c18-17(19,20)12-6-4-11(5-7-12)15-22-14(25-23-15)10-26-16-21-9-13-3-1-2-8-24(13)16/h1-9H,10H2. The van der Waals surface area contributed by atoms with Gasteiger partial charge in [0.15, 0.2) is 5.16 Å². The Hall–Kier alpha value is -2.81. The van der Waals surface area contributed by atoms with E-state index in [-0.39, 0.29) is 5.82 Å². The molecule has 0 atom stereocenters. The Labute approximate surface area is 149 Å². The van der Waals surface area contributed by atoms with Gasteiger partial charge in [0.25, 0.3) is 0 Å². The first-order valence-electron chi connectivity index (χ1n) is 7.56. The number of pyridine rings is 1. The maximum absolute atomic E-state index is 12.6. The predicted molar refractivity (Wildman–Crippen MR) is 89.5 cm³/mol. The van der Waals surface area contributed by atoms with Gasteiger partial charge in [0, 0.05) is 11.8 Å². The molecule has 26 heavy (non-hydrogen) atoms. The number of alkyl halides is 3. The van der Waals surface area contributed by atoms with E-state index in [2.05, 4.69) is 15.1 Å². The molecule has 0 saturated carbocycles. The van der Waals surface area contributed by atoms with Gasteiger partial charge in [-0.25, -0.2) is 4.98 Å². The molecule has 132 valence electrons. The summed E-state index contributed by atoms with van der Waals surface area (Å²) in [6.45, 7) is 0. The van der Waals surface area contributed by atoms with Crippen LogP contribution in [0.15, 0.2) is 64.5 Å². The third-order valence-corrected chi connectivity index (χ3v) is 4.62. The minimum absolute atomic E-state index is 0.252. The molecular weight excluding hydrogens is 365 g/mol. The van der Waals surface area contributed by atoms with Gasteiger partial charge in [0.1, 0.15) is 0 Å². The van der Waals surface area contributed by atoms with Gasteiger partial charge in [-0.2, -0.15) is 18.2 Å². The highest BCUT2D eigenvalue weighted by Crippen LogP contribution is 2.30. The average molecular weight is 376 g/mol. The van der Waals surface area contributed by atoms with Gasteiger partial charge in [-0.3, -0.25) is 4.40 Å². The Morgan fingerprint density at radius 2 is 1.88 bits per heavy atom. The van der Waals surface area contributed by atoms with Crippen LogP contribution in [0.3, 0.4) is 0 Å². The quantitative estimate of drug-likeness (QED) is 0.484. The molecule has 0 unspecified atom stereocenters. The summed E-state index contributed by atoms with van der Waals surface area (Å²) >= 11 is 1.43. The van der Waals surface area contributed by atoms with Crippen molar-refractivity contribution < 1.29 is 17.7 Å². The van der Waals surface area contributed by atoms with Crippen LogP contribution < -0.4 is 0 Å². The summed E-state index contributed by atoms with van der Waals surface area (Å²) in [7, 11) is 0. The van der Waals surface area contributed by atoms with Crippen molar-refractivity contribution in [2.24, 2.45) is 0 Å². The van der Waals surface area contributed by atoms with Gasteiger partial charge < -0.3 is 4.52 Å². The number of thioether (sulfide) groups is 1. The third-order valence-electron chi connectivity index (χ3n) is 3.67. The second kappa shape index (κ2) is 6.49. The molecule has 0 aliphatic rings. The molecular formula is C17H11F3N4OS. The zero-order valence-corrected chi connectivity index (χ0v) is 14.0. The lowest BCUT2D eigenvalue weighted by atomic mass is 10.1. The maximum Gasteiger partial charge on any atom is 0.416 e. The summed E-state index contributed by atoms with van der Waals surface area (Å²) in [5, 5.41) is 4.62. The Kier molecular flexibility index (Phi) is 4.15. The number of aromatic nitrogens is 4. The zero-order valence-electron chi connectivity index (χ0n) is 13.1. The monoisotopic (exact) mass is 376 g/mol. The van der Waals surface area contributed by atoms with Crippen LogP contribution in [0.4, 0.5) is 13.2 Å². The molecule has 5 nitrogen and oxygen atoms in total. The lowest BCUT2D eigenvalue weighted by Gasteiger charge is -2.05. The summed E-state index contributed by atoms with van der Waals surface area (Å²) in [6, 6.07) is 10.4. The second-order valence-corrected chi connectivity index (χ2v) is 6.35. The van der Waals surface area contributed by atoms with Crippen molar-refractivity contribution in [1.82, 2.24) is 19.5 Å². The lowest BCUT2D eigenvalue weighted by molar-refractivity contribution is -0.137. The van der Waals surface area contributed by atoms with E-state index in [4.69, 9.17) is 4.52 Å². The number of imidazole rings is 1. The fourth-order valence-corrected chi connectivity index (χ4v) is 3.19. The van der Waals surface area contributed by atoms with Gasteiger partial charge in [-0.1, -0.05) is 35.1 Å². The molecule has 3 heterocycles. The van der Waals surface area contributed by atoms with Crippen LogP contribution in [0.1, 0.15) is 11.5 Å². The minimum Gasteiger partial charge on any atom is -0.338 e. The highest BCUT2D eigenvalue weighted by Gasteiger charge is 2.30. The molecule has 0 N–H and O–H groups in total. The van der Waals surface area contributed by atoms with E-state index >= 15 is 0 Å². The number of nitrogens with zero attached hydrogens (tertiary/aromatic N) is 4. The van der Waals surface area contributed by atoms with Crippen molar-refractivity contribution in [1.29, 1.82) is 0 Å². The van der Waals surface area contributed by atoms with Gasteiger partial charge in [0.2, 0.25) is 11.7 Å². The predicted octanol–water partition coefficient (Wildman–Crippen LogP) is 4.70. The molecule has 4 aromatic rings. The van der Waals surface area contributed by atoms with E-state index in [1.54, 1.807) is 6.20 Å². The van der Waals surface area contributed by atoms with Crippen molar-refractivity contribution >= 4 is 17.3 Å².